The number of nitrogens with zero attached hydrogens (tertiary/aromatic N) is 1. The van der Waals surface area contributed by atoms with Gasteiger partial charge in [0.15, 0.2) is 0 Å². The Kier molecular flexibility index (Phi) is 6.03. The van der Waals surface area contributed by atoms with Gasteiger partial charge in [0.2, 0.25) is 0 Å². The molecule has 3 aromatic carbocycles. The predicted molar refractivity (Wildman–Crippen MR) is 130 cm³/mol. The number of aryl methyl sites for hydroxylation is 3. The first kappa shape index (κ1) is 22.3. The summed E-state index contributed by atoms with van der Waals surface area (Å²) in [4.78, 5) is 39.2. The minimum absolute atomic E-state index is 0.00215. The van der Waals surface area contributed by atoms with Crippen molar-refractivity contribution in [2.75, 3.05) is 15.5 Å². The Labute approximate surface area is 196 Å². The van der Waals surface area contributed by atoms with E-state index >= 15 is 0 Å². The van der Waals surface area contributed by atoms with Crippen LogP contribution in [0.15, 0.2) is 77.5 Å². The van der Waals surface area contributed by atoms with Crippen molar-refractivity contribution in [2.24, 2.45) is 0 Å². The van der Waals surface area contributed by atoms with E-state index in [1.165, 1.54) is 0 Å². The van der Waals surface area contributed by atoms with Crippen molar-refractivity contribution >= 4 is 46.4 Å². The number of anilines is 3. The molecule has 166 valence electrons. The van der Waals surface area contributed by atoms with E-state index < -0.39 is 11.8 Å². The number of carbonyl (C=O) groups excluding carboxylic acids is 3. The van der Waals surface area contributed by atoms with Crippen molar-refractivity contribution in [1.29, 1.82) is 0 Å². The van der Waals surface area contributed by atoms with Gasteiger partial charge in [-0.2, -0.15) is 0 Å². The molecule has 0 spiro atoms. The molecule has 1 aliphatic heterocycles. The van der Waals surface area contributed by atoms with E-state index in [0.717, 1.165) is 21.6 Å². The molecule has 0 unspecified atom stereocenters. The lowest BCUT2D eigenvalue weighted by Gasteiger charge is -2.16. The average molecular weight is 460 g/mol. The monoisotopic (exact) mass is 459 g/mol. The maximum atomic E-state index is 13.0. The van der Waals surface area contributed by atoms with Gasteiger partial charge < -0.3 is 10.6 Å². The number of hydrogen-bond donors (Lipinski definition) is 2. The molecule has 0 radical (unpaired) electrons. The fraction of sp³-hybridized carbons (Fsp3) is 0.115. The summed E-state index contributed by atoms with van der Waals surface area (Å²) in [6, 6.07) is 19.5. The lowest BCUT2D eigenvalue weighted by molar-refractivity contribution is -0.120. The van der Waals surface area contributed by atoms with Crippen molar-refractivity contribution in [3.63, 3.8) is 0 Å². The summed E-state index contributed by atoms with van der Waals surface area (Å²) in [6.45, 7) is 5.77. The molecule has 3 aromatic rings. The molecular weight excluding hydrogens is 438 g/mol. The van der Waals surface area contributed by atoms with Gasteiger partial charge in [0, 0.05) is 16.9 Å². The number of carbonyl (C=O) groups is 3. The molecule has 2 N–H and O–H groups in total. The molecule has 0 saturated carbocycles. The fourth-order valence-corrected chi connectivity index (χ4v) is 3.83. The summed E-state index contributed by atoms with van der Waals surface area (Å²) < 4.78 is 0. The maximum Gasteiger partial charge on any atom is 0.283 e. The van der Waals surface area contributed by atoms with E-state index in [1.54, 1.807) is 36.4 Å². The van der Waals surface area contributed by atoms with Crippen molar-refractivity contribution in [3.8, 4) is 0 Å². The first-order valence-electron chi connectivity index (χ1n) is 10.3. The molecule has 3 amide bonds. The lowest BCUT2D eigenvalue weighted by atomic mass is 10.1. The Balaban J connectivity index is 1.49. The van der Waals surface area contributed by atoms with Gasteiger partial charge in [0.05, 0.1) is 5.69 Å². The number of hydrogen-bond acceptors (Lipinski definition) is 4. The molecule has 6 nitrogen and oxygen atoms in total. The molecule has 0 fully saturated rings. The fourth-order valence-electron chi connectivity index (χ4n) is 3.62. The van der Waals surface area contributed by atoms with E-state index in [-0.39, 0.29) is 16.6 Å². The molecule has 7 heteroatoms. The molecule has 0 atom stereocenters. The van der Waals surface area contributed by atoms with Crippen LogP contribution in [-0.2, 0) is 9.59 Å². The molecule has 1 aliphatic rings. The standard InChI is InChI=1S/C26H22ClN3O3/c1-15-4-8-20(9-5-15)29-24(31)18-6-10-19(11-7-18)28-23-22(27)25(32)30(26(23)33)21-13-16(2)12-17(3)14-21/h4-14,28H,1-3H3,(H,29,31). The van der Waals surface area contributed by atoms with E-state index in [1.807, 2.05) is 51.1 Å². The highest BCUT2D eigenvalue weighted by atomic mass is 35.5. The third kappa shape index (κ3) is 4.66. The first-order valence-corrected chi connectivity index (χ1v) is 10.7. The summed E-state index contributed by atoms with van der Waals surface area (Å²) in [7, 11) is 0. The second-order valence-corrected chi connectivity index (χ2v) is 8.38. The van der Waals surface area contributed by atoms with Crippen LogP contribution < -0.4 is 15.5 Å². The normalized spacial score (nSPS) is 13.5. The average Bonchev–Trinajstić information content (AvgIpc) is 2.98. The second kappa shape index (κ2) is 8.92. The molecule has 0 aliphatic carbocycles. The van der Waals surface area contributed by atoms with Gasteiger partial charge in [-0.3, -0.25) is 14.4 Å². The Hall–Kier alpha value is -3.90. The minimum Gasteiger partial charge on any atom is -0.350 e. The summed E-state index contributed by atoms with van der Waals surface area (Å²) in [5.41, 5.74) is 5.12. The molecule has 1 heterocycles. The molecule has 0 aromatic heterocycles. The van der Waals surface area contributed by atoms with E-state index in [0.29, 0.717) is 22.6 Å². The van der Waals surface area contributed by atoms with Gasteiger partial charge >= 0.3 is 0 Å². The maximum absolute atomic E-state index is 13.0. The predicted octanol–water partition coefficient (Wildman–Crippen LogP) is 5.30. The summed E-state index contributed by atoms with van der Waals surface area (Å²) in [6.07, 6.45) is 0. The summed E-state index contributed by atoms with van der Waals surface area (Å²) in [5.74, 6) is -1.37. The van der Waals surface area contributed by atoms with Crippen LogP contribution in [0.4, 0.5) is 17.1 Å². The number of amides is 3. The van der Waals surface area contributed by atoms with Crippen LogP contribution in [-0.4, -0.2) is 17.7 Å². The smallest absolute Gasteiger partial charge is 0.283 e. The van der Waals surface area contributed by atoms with Crippen LogP contribution in [0.25, 0.3) is 0 Å². The van der Waals surface area contributed by atoms with E-state index in [4.69, 9.17) is 11.6 Å². The lowest BCUT2D eigenvalue weighted by Crippen LogP contribution is -2.32. The topological polar surface area (TPSA) is 78.5 Å². The third-order valence-corrected chi connectivity index (χ3v) is 5.57. The zero-order valence-corrected chi connectivity index (χ0v) is 19.2. The number of halogens is 1. The molecule has 4 rings (SSSR count). The number of nitrogens with one attached hydrogen (secondary N) is 2. The number of rotatable bonds is 5. The zero-order valence-electron chi connectivity index (χ0n) is 18.4. The van der Waals surface area contributed by atoms with Crippen LogP contribution in [0.3, 0.4) is 0 Å². The zero-order chi connectivity index (χ0) is 23.7. The van der Waals surface area contributed by atoms with Gasteiger partial charge in [0.25, 0.3) is 17.7 Å². The second-order valence-electron chi connectivity index (χ2n) is 8.00. The van der Waals surface area contributed by atoms with Crippen molar-refractivity contribution in [1.82, 2.24) is 0 Å². The van der Waals surface area contributed by atoms with Crippen molar-refractivity contribution < 1.29 is 14.4 Å². The van der Waals surface area contributed by atoms with Crippen LogP contribution in [0.1, 0.15) is 27.0 Å². The molecule has 0 bridgehead atoms. The van der Waals surface area contributed by atoms with Crippen LogP contribution in [0.5, 0.6) is 0 Å². The first-order chi connectivity index (χ1) is 15.7. The van der Waals surface area contributed by atoms with E-state index in [2.05, 4.69) is 10.6 Å². The van der Waals surface area contributed by atoms with Gasteiger partial charge in [0.1, 0.15) is 10.7 Å². The summed E-state index contributed by atoms with van der Waals surface area (Å²) in [5, 5.41) is 5.58. The van der Waals surface area contributed by atoms with Crippen LogP contribution in [0.2, 0.25) is 0 Å². The number of imide groups is 1. The minimum atomic E-state index is -0.580. The highest BCUT2D eigenvalue weighted by Gasteiger charge is 2.39. The van der Waals surface area contributed by atoms with Gasteiger partial charge in [-0.15, -0.1) is 0 Å². The van der Waals surface area contributed by atoms with Gasteiger partial charge in [-0.1, -0.05) is 35.4 Å². The largest absolute Gasteiger partial charge is 0.350 e. The Morgan fingerprint density at radius 3 is 1.94 bits per heavy atom. The Bertz CT molecular complexity index is 1280. The summed E-state index contributed by atoms with van der Waals surface area (Å²) >= 11 is 6.22. The third-order valence-electron chi connectivity index (χ3n) is 5.22. The number of benzene rings is 3. The van der Waals surface area contributed by atoms with Crippen LogP contribution >= 0.6 is 11.6 Å². The highest BCUT2D eigenvalue weighted by molar-refractivity contribution is 6.53. The molecule has 0 saturated heterocycles. The highest BCUT2D eigenvalue weighted by Crippen LogP contribution is 2.31. The Morgan fingerprint density at radius 2 is 1.33 bits per heavy atom. The van der Waals surface area contributed by atoms with Crippen molar-refractivity contribution in [3.05, 3.63) is 99.7 Å². The molecule has 33 heavy (non-hydrogen) atoms. The van der Waals surface area contributed by atoms with E-state index in [9.17, 15) is 14.4 Å². The van der Waals surface area contributed by atoms with Gasteiger partial charge in [-0.05, 0) is 80.4 Å². The Morgan fingerprint density at radius 1 is 0.758 bits per heavy atom. The van der Waals surface area contributed by atoms with Crippen LogP contribution in [0, 0.1) is 20.8 Å². The SMILES string of the molecule is Cc1ccc(NC(=O)c2ccc(NC3=C(Cl)C(=O)N(c4cc(C)cc(C)c4)C3=O)cc2)cc1. The molecular formula is C26H22ClN3O3. The van der Waals surface area contributed by atoms with Crippen molar-refractivity contribution in [2.45, 2.75) is 20.8 Å². The van der Waals surface area contributed by atoms with Gasteiger partial charge in [-0.25, -0.2) is 4.90 Å². The quantitative estimate of drug-likeness (QED) is 0.507.